The number of nitrogens with one attached hydrogen (secondary N) is 1. The van der Waals surface area contributed by atoms with Crippen molar-refractivity contribution in [3.05, 3.63) is 52.9 Å². The number of halogens is 1. The fourth-order valence-electron chi connectivity index (χ4n) is 2.68. The topological polar surface area (TPSA) is 95.7 Å². The average Bonchev–Trinajstić information content (AvgIpc) is 3.23. The van der Waals surface area contributed by atoms with Gasteiger partial charge in [-0.1, -0.05) is 16.8 Å². The SMILES string of the molecule is COc1cc(C(=O)N[C@@H](C)c2nc(-c3ccc(Cl)cc3)no2)cc(OC)c1OC. The summed E-state index contributed by atoms with van der Waals surface area (Å²) in [6, 6.07) is 9.67. The standard InChI is InChI=1S/C20H20ClN3O5/c1-11(20-23-18(24-29-20)12-5-7-14(21)8-6-12)22-19(25)13-9-15(26-2)17(28-4)16(10-13)27-3/h5-11H,1-4H3,(H,22,25)/t11-/m0/s1. The van der Waals surface area contributed by atoms with E-state index >= 15 is 0 Å². The van der Waals surface area contributed by atoms with Crippen LogP contribution in [0.25, 0.3) is 11.4 Å². The minimum absolute atomic E-state index is 0.274. The highest BCUT2D eigenvalue weighted by Gasteiger charge is 2.21. The molecule has 0 saturated carbocycles. The van der Waals surface area contributed by atoms with Crippen molar-refractivity contribution >= 4 is 17.5 Å². The van der Waals surface area contributed by atoms with Gasteiger partial charge < -0.3 is 24.1 Å². The van der Waals surface area contributed by atoms with Crippen LogP contribution in [0.5, 0.6) is 17.2 Å². The van der Waals surface area contributed by atoms with Gasteiger partial charge in [0.25, 0.3) is 5.91 Å². The van der Waals surface area contributed by atoms with Gasteiger partial charge in [-0.3, -0.25) is 4.79 Å². The van der Waals surface area contributed by atoms with Crippen LogP contribution >= 0.6 is 11.6 Å². The van der Waals surface area contributed by atoms with Crippen LogP contribution in [0.4, 0.5) is 0 Å². The number of carbonyl (C=O) groups is 1. The first kappa shape index (κ1) is 20.5. The molecule has 1 aromatic heterocycles. The number of amides is 1. The summed E-state index contributed by atoms with van der Waals surface area (Å²) < 4.78 is 21.1. The molecule has 0 aliphatic heterocycles. The van der Waals surface area contributed by atoms with Crippen molar-refractivity contribution in [2.75, 3.05) is 21.3 Å². The number of hydrogen-bond donors (Lipinski definition) is 1. The highest BCUT2D eigenvalue weighted by atomic mass is 35.5. The van der Waals surface area contributed by atoms with Crippen molar-refractivity contribution in [1.29, 1.82) is 0 Å². The lowest BCUT2D eigenvalue weighted by Crippen LogP contribution is -2.27. The maximum Gasteiger partial charge on any atom is 0.252 e. The number of rotatable bonds is 7. The lowest BCUT2D eigenvalue weighted by atomic mass is 10.1. The number of ether oxygens (including phenoxy) is 3. The number of nitrogens with zero attached hydrogens (tertiary/aromatic N) is 2. The molecule has 1 N–H and O–H groups in total. The van der Waals surface area contributed by atoms with Crippen LogP contribution < -0.4 is 19.5 Å². The molecule has 29 heavy (non-hydrogen) atoms. The largest absolute Gasteiger partial charge is 0.493 e. The summed E-state index contributed by atoms with van der Waals surface area (Å²) in [4.78, 5) is 17.1. The van der Waals surface area contributed by atoms with E-state index in [4.69, 9.17) is 30.3 Å². The second-order valence-corrected chi connectivity index (χ2v) is 6.51. The fraction of sp³-hybridized carbons (Fsp3) is 0.250. The molecule has 0 fully saturated rings. The van der Waals surface area contributed by atoms with Gasteiger partial charge in [0, 0.05) is 16.1 Å². The van der Waals surface area contributed by atoms with E-state index in [-0.39, 0.29) is 11.8 Å². The molecule has 0 aliphatic rings. The monoisotopic (exact) mass is 417 g/mol. The Balaban J connectivity index is 1.78. The van der Waals surface area contributed by atoms with Gasteiger partial charge in [0.05, 0.1) is 21.3 Å². The van der Waals surface area contributed by atoms with E-state index in [0.29, 0.717) is 33.7 Å². The van der Waals surface area contributed by atoms with Crippen molar-refractivity contribution in [1.82, 2.24) is 15.5 Å². The molecule has 3 rings (SSSR count). The van der Waals surface area contributed by atoms with Crippen LogP contribution in [0.2, 0.25) is 5.02 Å². The highest BCUT2D eigenvalue weighted by Crippen LogP contribution is 2.38. The van der Waals surface area contributed by atoms with Crippen LogP contribution in [-0.2, 0) is 0 Å². The third kappa shape index (κ3) is 4.43. The normalized spacial score (nSPS) is 11.6. The van der Waals surface area contributed by atoms with E-state index in [1.165, 1.54) is 21.3 Å². The van der Waals surface area contributed by atoms with Crippen LogP contribution in [0.3, 0.4) is 0 Å². The molecule has 1 amide bonds. The Kier molecular flexibility index (Phi) is 6.23. The Morgan fingerprint density at radius 3 is 2.24 bits per heavy atom. The second kappa shape index (κ2) is 8.83. The Hall–Kier alpha value is -3.26. The minimum atomic E-state index is -0.518. The van der Waals surface area contributed by atoms with Gasteiger partial charge in [0.15, 0.2) is 11.5 Å². The maximum atomic E-state index is 12.7. The number of methoxy groups -OCH3 is 3. The van der Waals surface area contributed by atoms with Gasteiger partial charge >= 0.3 is 0 Å². The lowest BCUT2D eigenvalue weighted by molar-refractivity contribution is 0.0931. The third-order valence-electron chi connectivity index (χ3n) is 4.19. The van der Waals surface area contributed by atoms with E-state index in [9.17, 15) is 4.79 Å². The van der Waals surface area contributed by atoms with Crippen molar-refractivity contribution in [2.24, 2.45) is 0 Å². The van der Waals surface area contributed by atoms with Crippen LogP contribution in [0.1, 0.15) is 29.2 Å². The minimum Gasteiger partial charge on any atom is -0.493 e. The average molecular weight is 418 g/mol. The molecular formula is C20H20ClN3O5. The van der Waals surface area contributed by atoms with E-state index in [1.807, 2.05) is 0 Å². The summed E-state index contributed by atoms with van der Waals surface area (Å²) in [5, 5.41) is 7.39. The molecule has 1 heterocycles. The first-order chi connectivity index (χ1) is 14.0. The van der Waals surface area contributed by atoms with Crippen LogP contribution in [-0.4, -0.2) is 37.4 Å². The van der Waals surface area contributed by atoms with Crippen molar-refractivity contribution in [3.8, 4) is 28.6 Å². The molecule has 2 aromatic carbocycles. The molecule has 152 valence electrons. The van der Waals surface area contributed by atoms with Crippen LogP contribution in [0.15, 0.2) is 40.9 Å². The van der Waals surface area contributed by atoms with Crippen molar-refractivity contribution < 1.29 is 23.5 Å². The molecule has 3 aromatic rings. The predicted octanol–water partition coefficient (Wildman–Crippen LogP) is 3.91. The van der Waals surface area contributed by atoms with Gasteiger partial charge in [-0.05, 0) is 43.3 Å². The first-order valence-electron chi connectivity index (χ1n) is 8.67. The first-order valence-corrected chi connectivity index (χ1v) is 9.05. The molecule has 1 atom stereocenters. The van der Waals surface area contributed by atoms with Gasteiger partial charge in [0.2, 0.25) is 17.5 Å². The number of aromatic nitrogens is 2. The smallest absolute Gasteiger partial charge is 0.252 e. The summed E-state index contributed by atoms with van der Waals surface area (Å²) in [7, 11) is 4.46. The Morgan fingerprint density at radius 2 is 1.69 bits per heavy atom. The number of benzene rings is 2. The molecule has 9 heteroatoms. The number of carbonyl (C=O) groups excluding carboxylic acids is 1. The molecule has 0 bridgehead atoms. The van der Waals surface area contributed by atoms with E-state index in [0.717, 1.165) is 5.56 Å². The van der Waals surface area contributed by atoms with Crippen LogP contribution in [0, 0.1) is 0 Å². The summed E-state index contributed by atoms with van der Waals surface area (Å²) in [6.45, 7) is 1.75. The van der Waals surface area contributed by atoms with Gasteiger partial charge in [-0.25, -0.2) is 0 Å². The van der Waals surface area contributed by atoms with Crippen molar-refractivity contribution in [3.63, 3.8) is 0 Å². The summed E-state index contributed by atoms with van der Waals surface area (Å²) in [5.74, 6) is 1.49. The van der Waals surface area contributed by atoms with Crippen molar-refractivity contribution in [2.45, 2.75) is 13.0 Å². The maximum absolute atomic E-state index is 12.7. The molecular weight excluding hydrogens is 398 g/mol. The zero-order valence-electron chi connectivity index (χ0n) is 16.4. The molecule has 0 saturated heterocycles. The molecule has 0 radical (unpaired) electrons. The number of hydrogen-bond acceptors (Lipinski definition) is 7. The second-order valence-electron chi connectivity index (χ2n) is 6.07. The summed E-state index contributed by atoms with van der Waals surface area (Å²) in [6.07, 6.45) is 0. The molecule has 8 nitrogen and oxygen atoms in total. The predicted molar refractivity (Wildman–Crippen MR) is 107 cm³/mol. The molecule has 0 unspecified atom stereocenters. The Bertz CT molecular complexity index is 979. The highest BCUT2D eigenvalue weighted by molar-refractivity contribution is 6.30. The Labute approximate surface area is 172 Å². The Morgan fingerprint density at radius 1 is 1.07 bits per heavy atom. The lowest BCUT2D eigenvalue weighted by Gasteiger charge is -2.15. The van der Waals surface area contributed by atoms with Gasteiger partial charge in [-0.15, -0.1) is 0 Å². The van der Waals surface area contributed by atoms with Gasteiger partial charge in [0.1, 0.15) is 6.04 Å². The third-order valence-corrected chi connectivity index (χ3v) is 4.44. The quantitative estimate of drug-likeness (QED) is 0.622. The molecule has 0 aliphatic carbocycles. The zero-order chi connectivity index (χ0) is 21.0. The summed E-state index contributed by atoms with van der Waals surface area (Å²) in [5.41, 5.74) is 1.09. The van der Waals surface area contributed by atoms with E-state index in [2.05, 4.69) is 15.5 Å². The van der Waals surface area contributed by atoms with Gasteiger partial charge in [-0.2, -0.15) is 4.98 Å². The van der Waals surface area contributed by atoms with E-state index in [1.54, 1.807) is 43.3 Å². The summed E-state index contributed by atoms with van der Waals surface area (Å²) >= 11 is 5.90. The van der Waals surface area contributed by atoms with E-state index < -0.39 is 6.04 Å². The fourth-order valence-corrected chi connectivity index (χ4v) is 2.81. The zero-order valence-corrected chi connectivity index (χ0v) is 17.1. The molecule has 0 spiro atoms.